The van der Waals surface area contributed by atoms with E-state index in [1.807, 2.05) is 43.9 Å². The van der Waals surface area contributed by atoms with Crippen molar-refractivity contribution in [3.05, 3.63) is 60.2 Å². The zero-order valence-corrected chi connectivity index (χ0v) is 19.3. The Morgan fingerprint density at radius 3 is 2.28 bits per heavy atom. The number of carbonyl (C=O) groups is 2. The van der Waals surface area contributed by atoms with Gasteiger partial charge in [-0.05, 0) is 67.9 Å². The Bertz CT molecular complexity index is 860. The van der Waals surface area contributed by atoms with Crippen molar-refractivity contribution in [3.63, 3.8) is 0 Å². The predicted molar refractivity (Wildman–Crippen MR) is 128 cm³/mol. The molecule has 0 spiro atoms. The standard InChI is InChI=1S/C26H35N3O3/c1-4-32-23-12-10-22(11-13-23)27-26(31)28-24(19(2)3)25(30)29-16-14-21(15-17-29)18-20-8-6-5-7-9-20/h5-13,19,21,24H,4,14-18H2,1-3H3,(H2,27,28,31). The van der Waals surface area contributed by atoms with E-state index in [1.165, 1.54) is 5.56 Å². The number of rotatable bonds is 8. The zero-order valence-electron chi connectivity index (χ0n) is 19.3. The summed E-state index contributed by atoms with van der Waals surface area (Å²) in [5.74, 6) is 1.34. The Hall–Kier alpha value is -3.02. The maximum absolute atomic E-state index is 13.2. The van der Waals surface area contributed by atoms with E-state index in [1.54, 1.807) is 12.1 Å². The number of nitrogens with one attached hydrogen (secondary N) is 2. The molecule has 0 aliphatic carbocycles. The number of hydrogen-bond acceptors (Lipinski definition) is 3. The van der Waals surface area contributed by atoms with Gasteiger partial charge >= 0.3 is 6.03 Å². The van der Waals surface area contributed by atoms with E-state index in [0.29, 0.717) is 18.2 Å². The average Bonchev–Trinajstić information content (AvgIpc) is 2.79. The van der Waals surface area contributed by atoms with Crippen molar-refractivity contribution in [1.29, 1.82) is 0 Å². The third-order valence-corrected chi connectivity index (χ3v) is 5.94. The summed E-state index contributed by atoms with van der Waals surface area (Å²) in [7, 11) is 0. The Labute approximate surface area is 191 Å². The molecule has 2 aromatic carbocycles. The molecule has 1 saturated heterocycles. The lowest BCUT2D eigenvalue weighted by molar-refractivity contribution is -0.135. The van der Waals surface area contributed by atoms with Crippen molar-refractivity contribution in [3.8, 4) is 5.75 Å². The van der Waals surface area contributed by atoms with Crippen LogP contribution in [0.5, 0.6) is 5.75 Å². The number of urea groups is 1. The molecule has 6 heteroatoms. The first-order valence-corrected chi connectivity index (χ1v) is 11.6. The molecule has 1 unspecified atom stereocenters. The molecule has 0 radical (unpaired) electrons. The number of anilines is 1. The molecule has 1 fully saturated rings. The summed E-state index contributed by atoms with van der Waals surface area (Å²) in [6, 6.07) is 16.8. The van der Waals surface area contributed by atoms with Gasteiger partial charge in [0.1, 0.15) is 11.8 Å². The minimum absolute atomic E-state index is 0.00000448. The normalized spacial score (nSPS) is 15.3. The van der Waals surface area contributed by atoms with Crippen molar-refractivity contribution < 1.29 is 14.3 Å². The van der Waals surface area contributed by atoms with E-state index in [-0.39, 0.29) is 17.9 Å². The molecule has 3 rings (SSSR count). The highest BCUT2D eigenvalue weighted by Gasteiger charge is 2.31. The number of benzene rings is 2. The maximum Gasteiger partial charge on any atom is 0.319 e. The van der Waals surface area contributed by atoms with Crippen LogP contribution in [-0.2, 0) is 11.2 Å². The molecule has 0 saturated carbocycles. The second kappa shape index (κ2) is 11.6. The topological polar surface area (TPSA) is 70.7 Å². The van der Waals surface area contributed by atoms with Gasteiger partial charge in [0.2, 0.25) is 5.91 Å². The summed E-state index contributed by atoms with van der Waals surface area (Å²) in [5, 5.41) is 5.69. The van der Waals surface area contributed by atoms with Crippen LogP contribution in [0.2, 0.25) is 0 Å². The predicted octanol–water partition coefficient (Wildman–Crippen LogP) is 4.71. The quantitative estimate of drug-likeness (QED) is 0.628. The van der Waals surface area contributed by atoms with Crippen LogP contribution in [0.4, 0.5) is 10.5 Å². The van der Waals surface area contributed by atoms with Gasteiger partial charge in [0.25, 0.3) is 0 Å². The third-order valence-electron chi connectivity index (χ3n) is 5.94. The maximum atomic E-state index is 13.2. The van der Waals surface area contributed by atoms with Gasteiger partial charge < -0.3 is 20.3 Å². The van der Waals surface area contributed by atoms with E-state index in [0.717, 1.165) is 38.1 Å². The van der Waals surface area contributed by atoms with E-state index < -0.39 is 6.04 Å². The van der Waals surface area contributed by atoms with Crippen LogP contribution in [0.3, 0.4) is 0 Å². The molecule has 0 bridgehead atoms. The molecule has 2 N–H and O–H groups in total. The van der Waals surface area contributed by atoms with Crippen LogP contribution in [-0.4, -0.2) is 42.6 Å². The Morgan fingerprint density at radius 1 is 1.03 bits per heavy atom. The van der Waals surface area contributed by atoms with E-state index in [4.69, 9.17) is 4.74 Å². The van der Waals surface area contributed by atoms with Crippen molar-refractivity contribution in [1.82, 2.24) is 10.2 Å². The van der Waals surface area contributed by atoms with Crippen LogP contribution in [0.15, 0.2) is 54.6 Å². The molecular formula is C26H35N3O3. The first-order chi connectivity index (χ1) is 15.5. The molecule has 6 nitrogen and oxygen atoms in total. The molecule has 2 aromatic rings. The molecule has 32 heavy (non-hydrogen) atoms. The lowest BCUT2D eigenvalue weighted by Crippen LogP contribution is -2.53. The van der Waals surface area contributed by atoms with Gasteiger partial charge in [-0.15, -0.1) is 0 Å². The second-order valence-electron chi connectivity index (χ2n) is 8.74. The first kappa shape index (κ1) is 23.6. The van der Waals surface area contributed by atoms with E-state index in [9.17, 15) is 9.59 Å². The lowest BCUT2D eigenvalue weighted by atomic mass is 9.89. The summed E-state index contributed by atoms with van der Waals surface area (Å²) in [6.45, 7) is 7.91. The minimum Gasteiger partial charge on any atom is -0.494 e. The van der Waals surface area contributed by atoms with Crippen molar-refractivity contribution in [2.24, 2.45) is 11.8 Å². The van der Waals surface area contributed by atoms with Gasteiger partial charge in [-0.3, -0.25) is 4.79 Å². The van der Waals surface area contributed by atoms with Crippen LogP contribution < -0.4 is 15.4 Å². The average molecular weight is 438 g/mol. The first-order valence-electron chi connectivity index (χ1n) is 11.6. The third kappa shape index (κ3) is 6.74. The number of carbonyl (C=O) groups excluding carboxylic acids is 2. The number of ether oxygens (including phenoxy) is 1. The number of amides is 3. The summed E-state index contributed by atoms with van der Waals surface area (Å²) in [4.78, 5) is 27.6. The summed E-state index contributed by atoms with van der Waals surface area (Å²) in [6.07, 6.45) is 3.03. The molecule has 172 valence electrons. The Kier molecular flexibility index (Phi) is 8.54. The molecular weight excluding hydrogens is 402 g/mol. The molecule has 1 aliphatic heterocycles. The van der Waals surface area contributed by atoms with Gasteiger partial charge in [-0.1, -0.05) is 44.2 Å². The molecule has 1 aliphatic rings. The molecule has 1 atom stereocenters. The Balaban J connectivity index is 1.51. The van der Waals surface area contributed by atoms with Gasteiger partial charge in [0, 0.05) is 18.8 Å². The molecule has 1 heterocycles. The van der Waals surface area contributed by atoms with Crippen molar-refractivity contribution >= 4 is 17.6 Å². The summed E-state index contributed by atoms with van der Waals surface area (Å²) in [5.41, 5.74) is 2.01. The fourth-order valence-electron chi connectivity index (χ4n) is 4.12. The smallest absolute Gasteiger partial charge is 0.319 e. The van der Waals surface area contributed by atoms with Crippen LogP contribution in [0, 0.1) is 11.8 Å². The fraction of sp³-hybridized carbons (Fsp3) is 0.462. The number of hydrogen-bond donors (Lipinski definition) is 2. The number of likely N-dealkylation sites (tertiary alicyclic amines) is 1. The van der Waals surface area contributed by atoms with Gasteiger partial charge in [-0.2, -0.15) is 0 Å². The second-order valence-corrected chi connectivity index (χ2v) is 8.74. The van der Waals surface area contributed by atoms with E-state index >= 15 is 0 Å². The lowest BCUT2D eigenvalue weighted by Gasteiger charge is -2.35. The Morgan fingerprint density at radius 2 is 1.69 bits per heavy atom. The zero-order chi connectivity index (χ0) is 22.9. The van der Waals surface area contributed by atoms with E-state index in [2.05, 4.69) is 34.9 Å². The number of nitrogens with zero attached hydrogens (tertiary/aromatic N) is 1. The SMILES string of the molecule is CCOc1ccc(NC(=O)NC(C(=O)N2CCC(Cc3ccccc3)CC2)C(C)C)cc1. The van der Waals surface area contributed by atoms with Crippen LogP contribution >= 0.6 is 0 Å². The summed E-state index contributed by atoms with van der Waals surface area (Å²) < 4.78 is 5.42. The monoisotopic (exact) mass is 437 g/mol. The van der Waals surface area contributed by atoms with Crippen LogP contribution in [0.1, 0.15) is 39.2 Å². The van der Waals surface area contributed by atoms with Gasteiger partial charge in [-0.25, -0.2) is 4.79 Å². The highest BCUT2D eigenvalue weighted by Crippen LogP contribution is 2.23. The van der Waals surface area contributed by atoms with Crippen molar-refractivity contribution in [2.75, 3.05) is 25.0 Å². The fourth-order valence-corrected chi connectivity index (χ4v) is 4.12. The minimum atomic E-state index is -0.552. The number of piperidine rings is 1. The van der Waals surface area contributed by atoms with Crippen LogP contribution in [0.25, 0.3) is 0 Å². The van der Waals surface area contributed by atoms with Gasteiger partial charge in [0.15, 0.2) is 0 Å². The largest absolute Gasteiger partial charge is 0.494 e. The van der Waals surface area contributed by atoms with Gasteiger partial charge in [0.05, 0.1) is 6.61 Å². The summed E-state index contributed by atoms with van der Waals surface area (Å²) >= 11 is 0. The molecule has 3 amide bonds. The van der Waals surface area contributed by atoms with Crippen molar-refractivity contribution in [2.45, 2.75) is 46.1 Å². The highest BCUT2D eigenvalue weighted by molar-refractivity contribution is 5.93. The molecule has 0 aromatic heterocycles. The highest BCUT2D eigenvalue weighted by atomic mass is 16.5.